The summed E-state index contributed by atoms with van der Waals surface area (Å²) in [6.45, 7) is 2.09. The number of amides is 1. The Hall–Kier alpha value is -3.74. The number of benzene rings is 2. The molecule has 0 fully saturated rings. The molecule has 2 aromatic carbocycles. The molecule has 0 saturated heterocycles. The van der Waals surface area contributed by atoms with Gasteiger partial charge in [0.2, 0.25) is 0 Å². The van der Waals surface area contributed by atoms with Gasteiger partial charge in [-0.05, 0) is 49.4 Å². The number of aromatic nitrogens is 1. The summed E-state index contributed by atoms with van der Waals surface area (Å²) in [5.41, 5.74) is 2.86. The van der Waals surface area contributed by atoms with Crippen molar-refractivity contribution in [2.45, 2.75) is 16.7 Å². The molecule has 0 radical (unpaired) electrons. The third-order valence-electron chi connectivity index (χ3n) is 4.41. The lowest BCUT2D eigenvalue weighted by atomic mass is 10.1. The zero-order valence-electron chi connectivity index (χ0n) is 15.6. The van der Waals surface area contributed by atoms with Crippen LogP contribution in [0.4, 0.5) is 17.2 Å². The second-order valence-electron chi connectivity index (χ2n) is 6.27. The Kier molecular flexibility index (Phi) is 5.20. The summed E-state index contributed by atoms with van der Waals surface area (Å²) >= 11 is 1.55. The average Bonchev–Trinajstić information content (AvgIpc) is 2.86. The second-order valence-corrected chi connectivity index (χ2v) is 7.35. The Bertz CT molecular complexity index is 1200. The van der Waals surface area contributed by atoms with Crippen LogP contribution >= 0.6 is 11.8 Å². The molecule has 5 nitrogen and oxygen atoms in total. The fraction of sp³-hybridized carbons (Fsp3) is 0.0870. The summed E-state index contributed by atoms with van der Waals surface area (Å²) in [6, 6.07) is 18.9. The molecule has 29 heavy (non-hydrogen) atoms. The largest absolute Gasteiger partial charge is 0.340 e. The van der Waals surface area contributed by atoms with Gasteiger partial charge in [-0.2, -0.15) is 5.26 Å². The Morgan fingerprint density at radius 2 is 2.00 bits per heavy atom. The number of hydrogen-bond acceptors (Lipinski definition) is 5. The Morgan fingerprint density at radius 3 is 2.83 bits per heavy atom. The molecular weight excluding hydrogens is 380 g/mol. The maximum absolute atomic E-state index is 13.1. The van der Waals surface area contributed by atoms with Gasteiger partial charge in [-0.25, -0.2) is 4.98 Å². The van der Waals surface area contributed by atoms with Gasteiger partial charge in [0, 0.05) is 21.7 Å². The Labute approximate surface area is 173 Å². The maximum Gasteiger partial charge on any atom is 0.260 e. The van der Waals surface area contributed by atoms with Crippen molar-refractivity contribution in [2.75, 3.05) is 16.8 Å². The van der Waals surface area contributed by atoms with Gasteiger partial charge in [0.05, 0.1) is 29.4 Å². The number of anilines is 3. The molecule has 0 bridgehead atoms. The van der Waals surface area contributed by atoms with Crippen LogP contribution in [0.3, 0.4) is 0 Å². The molecule has 1 aromatic heterocycles. The summed E-state index contributed by atoms with van der Waals surface area (Å²) in [4.78, 5) is 21.0. The van der Waals surface area contributed by atoms with Crippen molar-refractivity contribution in [3.05, 3.63) is 71.9 Å². The number of nitrogens with one attached hydrogen (secondary N) is 1. The van der Waals surface area contributed by atoms with Crippen molar-refractivity contribution < 1.29 is 4.79 Å². The van der Waals surface area contributed by atoms with E-state index in [-0.39, 0.29) is 5.91 Å². The lowest BCUT2D eigenvalue weighted by molar-refractivity contribution is 0.0987. The summed E-state index contributed by atoms with van der Waals surface area (Å²) in [5.74, 6) is 6.41. The minimum absolute atomic E-state index is 0.0568. The predicted octanol–water partition coefficient (Wildman–Crippen LogP) is 4.83. The van der Waals surface area contributed by atoms with E-state index in [0.717, 1.165) is 21.2 Å². The van der Waals surface area contributed by atoms with Gasteiger partial charge in [0.25, 0.3) is 5.91 Å². The third kappa shape index (κ3) is 3.80. The number of nitriles is 1. The fourth-order valence-electron chi connectivity index (χ4n) is 3.03. The zero-order chi connectivity index (χ0) is 20.2. The average molecular weight is 396 g/mol. The molecule has 0 unspecified atom stereocenters. The number of nitrogens with zero attached hydrogens (tertiary/aromatic N) is 3. The van der Waals surface area contributed by atoms with E-state index in [1.807, 2.05) is 42.5 Å². The number of pyridine rings is 1. The second kappa shape index (κ2) is 8.10. The quantitative estimate of drug-likeness (QED) is 0.642. The molecule has 0 aliphatic carbocycles. The highest BCUT2D eigenvalue weighted by Gasteiger charge is 2.26. The molecule has 6 heteroatoms. The standard InChI is InChI=1S/C23H16N4OS/c1-2-3-12-27-19-9-8-17(26-22-13-16(15-24)10-11-25-22)14-21(19)29-20-7-5-4-6-18(20)23(27)28/h4-11,13-14H,12H2,1H3,(H,25,26). The van der Waals surface area contributed by atoms with Crippen LogP contribution in [0, 0.1) is 23.2 Å². The number of carbonyl (C=O) groups is 1. The first kappa shape index (κ1) is 18.6. The van der Waals surface area contributed by atoms with E-state index in [1.165, 1.54) is 0 Å². The van der Waals surface area contributed by atoms with Gasteiger partial charge in [0.1, 0.15) is 5.82 Å². The first-order chi connectivity index (χ1) is 14.2. The van der Waals surface area contributed by atoms with Crippen LogP contribution in [0.15, 0.2) is 70.6 Å². The molecule has 0 saturated carbocycles. The smallest absolute Gasteiger partial charge is 0.260 e. The fourth-order valence-corrected chi connectivity index (χ4v) is 4.15. The van der Waals surface area contributed by atoms with E-state index in [0.29, 0.717) is 23.5 Å². The summed E-state index contributed by atoms with van der Waals surface area (Å²) in [7, 11) is 0. The SMILES string of the molecule is CC#CCN1C(=O)c2ccccc2Sc2cc(Nc3cc(C#N)ccn3)ccc21. The molecular formula is C23H16N4OS. The first-order valence-corrected chi connectivity index (χ1v) is 9.77. The summed E-state index contributed by atoms with van der Waals surface area (Å²) in [5, 5.41) is 12.3. The highest BCUT2D eigenvalue weighted by Crippen LogP contribution is 2.42. The van der Waals surface area contributed by atoms with Gasteiger partial charge < -0.3 is 5.32 Å². The van der Waals surface area contributed by atoms with E-state index in [1.54, 1.807) is 41.9 Å². The molecule has 1 aliphatic rings. The van der Waals surface area contributed by atoms with Crippen molar-refractivity contribution in [1.29, 1.82) is 5.26 Å². The van der Waals surface area contributed by atoms with Crippen LogP contribution in [0.25, 0.3) is 0 Å². The van der Waals surface area contributed by atoms with Crippen molar-refractivity contribution in [3.8, 4) is 17.9 Å². The highest BCUT2D eigenvalue weighted by molar-refractivity contribution is 7.99. The molecule has 140 valence electrons. The lowest BCUT2D eigenvalue weighted by Gasteiger charge is -2.21. The summed E-state index contributed by atoms with van der Waals surface area (Å²) in [6.07, 6.45) is 1.60. The highest BCUT2D eigenvalue weighted by atomic mass is 32.2. The molecule has 1 aliphatic heterocycles. The van der Waals surface area contributed by atoms with Crippen LogP contribution in [0.5, 0.6) is 0 Å². The molecule has 0 spiro atoms. The van der Waals surface area contributed by atoms with E-state index in [4.69, 9.17) is 5.26 Å². The lowest BCUT2D eigenvalue weighted by Crippen LogP contribution is -2.31. The number of rotatable bonds is 3. The van der Waals surface area contributed by atoms with Crippen LogP contribution in [0.1, 0.15) is 22.8 Å². The molecule has 3 aromatic rings. The number of fused-ring (bicyclic) bond motifs is 2. The molecule has 2 heterocycles. The number of hydrogen-bond donors (Lipinski definition) is 1. The van der Waals surface area contributed by atoms with Crippen molar-refractivity contribution in [3.63, 3.8) is 0 Å². The molecule has 4 rings (SSSR count). The van der Waals surface area contributed by atoms with Gasteiger partial charge in [-0.15, -0.1) is 5.92 Å². The van der Waals surface area contributed by atoms with E-state index < -0.39 is 0 Å². The van der Waals surface area contributed by atoms with Gasteiger partial charge in [-0.3, -0.25) is 9.69 Å². The van der Waals surface area contributed by atoms with Crippen LogP contribution < -0.4 is 10.2 Å². The van der Waals surface area contributed by atoms with Crippen molar-refractivity contribution in [2.24, 2.45) is 0 Å². The normalized spacial score (nSPS) is 12.0. The van der Waals surface area contributed by atoms with Crippen molar-refractivity contribution in [1.82, 2.24) is 4.98 Å². The topological polar surface area (TPSA) is 69.0 Å². The maximum atomic E-state index is 13.1. The Morgan fingerprint density at radius 1 is 1.14 bits per heavy atom. The zero-order valence-corrected chi connectivity index (χ0v) is 16.5. The minimum Gasteiger partial charge on any atom is -0.340 e. The summed E-state index contributed by atoms with van der Waals surface area (Å²) < 4.78 is 0. The van der Waals surface area contributed by atoms with Crippen LogP contribution in [0.2, 0.25) is 0 Å². The molecule has 0 atom stereocenters. The van der Waals surface area contributed by atoms with Crippen LogP contribution in [-0.2, 0) is 0 Å². The first-order valence-electron chi connectivity index (χ1n) is 8.95. The number of carbonyl (C=O) groups excluding carboxylic acids is 1. The van der Waals surface area contributed by atoms with E-state index >= 15 is 0 Å². The predicted molar refractivity (Wildman–Crippen MR) is 114 cm³/mol. The van der Waals surface area contributed by atoms with E-state index in [2.05, 4.69) is 28.2 Å². The molecule has 1 N–H and O–H groups in total. The van der Waals surface area contributed by atoms with Gasteiger partial charge >= 0.3 is 0 Å². The van der Waals surface area contributed by atoms with E-state index in [9.17, 15) is 4.79 Å². The van der Waals surface area contributed by atoms with Crippen molar-refractivity contribution >= 4 is 34.9 Å². The Balaban J connectivity index is 1.75. The van der Waals surface area contributed by atoms with Crippen LogP contribution in [-0.4, -0.2) is 17.4 Å². The molecule has 1 amide bonds. The van der Waals surface area contributed by atoms with Gasteiger partial charge in [0.15, 0.2) is 0 Å². The monoisotopic (exact) mass is 396 g/mol. The minimum atomic E-state index is -0.0568. The third-order valence-corrected chi connectivity index (χ3v) is 5.53. The van der Waals surface area contributed by atoms with Gasteiger partial charge in [-0.1, -0.05) is 29.8 Å².